The lowest BCUT2D eigenvalue weighted by atomic mass is 10.1. The van der Waals surface area contributed by atoms with Crippen LogP contribution in [0.2, 0.25) is 0 Å². The molecule has 3 N–H and O–H groups in total. The molecule has 0 aliphatic rings. The van der Waals surface area contributed by atoms with Crippen LogP contribution < -0.4 is 11.1 Å². The Hall–Kier alpha value is -1.52. The third-order valence-corrected chi connectivity index (χ3v) is 4.15. The highest BCUT2D eigenvalue weighted by Gasteiger charge is 2.11. The summed E-state index contributed by atoms with van der Waals surface area (Å²) in [7, 11) is 0. The van der Waals surface area contributed by atoms with Crippen molar-refractivity contribution in [2.45, 2.75) is 20.3 Å². The van der Waals surface area contributed by atoms with E-state index < -0.39 is 0 Å². The van der Waals surface area contributed by atoms with Crippen molar-refractivity contribution in [1.29, 1.82) is 0 Å². The zero-order chi connectivity index (χ0) is 14.5. The molecule has 0 spiro atoms. The van der Waals surface area contributed by atoms with Crippen LogP contribution in [-0.2, 0) is 6.42 Å². The molecule has 114 valence electrons. The van der Waals surface area contributed by atoms with Gasteiger partial charge in [0, 0.05) is 22.7 Å². The van der Waals surface area contributed by atoms with E-state index in [1.165, 1.54) is 4.88 Å². The van der Waals surface area contributed by atoms with Crippen LogP contribution in [0.1, 0.15) is 27.7 Å². The average molecular weight is 325 g/mol. The van der Waals surface area contributed by atoms with E-state index in [4.69, 9.17) is 5.73 Å². The second-order valence-corrected chi connectivity index (χ2v) is 6.21. The van der Waals surface area contributed by atoms with Gasteiger partial charge in [0.15, 0.2) is 0 Å². The molecule has 1 amide bonds. The summed E-state index contributed by atoms with van der Waals surface area (Å²) in [6.45, 7) is 4.74. The third-order valence-electron chi connectivity index (χ3n) is 3.25. The van der Waals surface area contributed by atoms with Crippen molar-refractivity contribution in [3.05, 3.63) is 51.7 Å². The maximum Gasteiger partial charge on any atom is 0.251 e. The van der Waals surface area contributed by atoms with Crippen LogP contribution in [0.15, 0.2) is 35.7 Å². The summed E-state index contributed by atoms with van der Waals surface area (Å²) < 4.78 is 0. The van der Waals surface area contributed by atoms with Gasteiger partial charge >= 0.3 is 0 Å². The number of carbonyl (C=O) groups is 1. The number of aryl methyl sites for hydroxylation is 1. The first-order chi connectivity index (χ1) is 9.56. The Bertz CT molecular complexity index is 584. The second kappa shape index (κ2) is 8.05. The second-order valence-electron chi connectivity index (χ2n) is 5.17. The molecule has 0 radical (unpaired) electrons. The van der Waals surface area contributed by atoms with E-state index in [-0.39, 0.29) is 18.3 Å². The van der Waals surface area contributed by atoms with E-state index in [1.807, 2.05) is 19.1 Å². The van der Waals surface area contributed by atoms with Gasteiger partial charge in [-0.25, -0.2) is 0 Å². The zero-order valence-corrected chi connectivity index (χ0v) is 13.9. The van der Waals surface area contributed by atoms with Gasteiger partial charge < -0.3 is 11.1 Å². The maximum absolute atomic E-state index is 12.2. The molecule has 0 bridgehead atoms. The van der Waals surface area contributed by atoms with Gasteiger partial charge in [-0.1, -0.05) is 19.1 Å². The zero-order valence-electron chi connectivity index (χ0n) is 12.3. The Morgan fingerprint density at radius 2 is 2.14 bits per heavy atom. The summed E-state index contributed by atoms with van der Waals surface area (Å²) in [6.07, 6.45) is 0.994. The van der Waals surface area contributed by atoms with Crippen molar-refractivity contribution in [2.75, 3.05) is 12.3 Å². The van der Waals surface area contributed by atoms with Crippen LogP contribution in [0, 0.1) is 12.8 Å². The Morgan fingerprint density at radius 1 is 1.38 bits per heavy atom. The highest BCUT2D eigenvalue weighted by molar-refractivity contribution is 7.09. The molecule has 5 heteroatoms. The molecule has 0 fully saturated rings. The van der Waals surface area contributed by atoms with Crippen molar-refractivity contribution >= 4 is 35.3 Å². The predicted molar refractivity (Wildman–Crippen MR) is 92.4 cm³/mol. The molecule has 2 rings (SSSR count). The van der Waals surface area contributed by atoms with Crippen LogP contribution >= 0.6 is 23.7 Å². The number of rotatable bonds is 5. The first-order valence-electron chi connectivity index (χ1n) is 6.73. The summed E-state index contributed by atoms with van der Waals surface area (Å²) in [5.41, 5.74) is 7.96. The Labute approximate surface area is 136 Å². The molecule has 0 saturated heterocycles. The summed E-state index contributed by atoms with van der Waals surface area (Å²) in [4.78, 5) is 13.5. The van der Waals surface area contributed by atoms with E-state index in [0.29, 0.717) is 23.7 Å². The number of thiophene rings is 1. The van der Waals surface area contributed by atoms with Gasteiger partial charge in [-0.2, -0.15) is 0 Å². The van der Waals surface area contributed by atoms with E-state index in [9.17, 15) is 4.79 Å². The van der Waals surface area contributed by atoms with Crippen LogP contribution in [0.5, 0.6) is 0 Å². The number of hydrogen-bond acceptors (Lipinski definition) is 3. The lowest BCUT2D eigenvalue weighted by molar-refractivity contribution is 0.0947. The summed E-state index contributed by atoms with van der Waals surface area (Å²) >= 11 is 1.76. The highest BCUT2D eigenvalue weighted by atomic mass is 35.5. The number of carbonyl (C=O) groups excluding carboxylic acids is 1. The SMILES string of the molecule is Cc1ccc(N)cc1C(=O)NCC(C)Cc1cccs1.Cl. The smallest absolute Gasteiger partial charge is 0.251 e. The van der Waals surface area contributed by atoms with E-state index in [2.05, 4.69) is 29.8 Å². The normalized spacial score (nSPS) is 11.5. The molecule has 1 heterocycles. The molecular weight excluding hydrogens is 304 g/mol. The van der Waals surface area contributed by atoms with Crippen LogP contribution in [0.4, 0.5) is 5.69 Å². The van der Waals surface area contributed by atoms with Crippen molar-refractivity contribution in [1.82, 2.24) is 5.32 Å². The number of anilines is 1. The van der Waals surface area contributed by atoms with Gasteiger partial charge in [0.05, 0.1) is 0 Å². The standard InChI is InChI=1S/C16H20N2OS.ClH/c1-11(8-14-4-3-7-20-14)10-18-16(19)15-9-13(17)6-5-12(15)2;/h3-7,9,11H,8,10,17H2,1-2H3,(H,18,19);1H. The number of halogens is 1. The Morgan fingerprint density at radius 3 is 2.81 bits per heavy atom. The Kier molecular flexibility index (Phi) is 6.72. The molecule has 1 atom stereocenters. The van der Waals surface area contributed by atoms with Crippen molar-refractivity contribution in [3.63, 3.8) is 0 Å². The molecule has 1 unspecified atom stereocenters. The minimum absolute atomic E-state index is 0. The number of nitrogens with one attached hydrogen (secondary N) is 1. The fraction of sp³-hybridized carbons (Fsp3) is 0.312. The largest absolute Gasteiger partial charge is 0.399 e. The summed E-state index contributed by atoms with van der Waals surface area (Å²) in [5, 5.41) is 5.07. The first-order valence-corrected chi connectivity index (χ1v) is 7.61. The molecule has 1 aromatic heterocycles. The van der Waals surface area contributed by atoms with Crippen molar-refractivity contribution < 1.29 is 4.79 Å². The lowest BCUT2D eigenvalue weighted by Gasteiger charge is -2.13. The lowest BCUT2D eigenvalue weighted by Crippen LogP contribution is -2.29. The van der Waals surface area contributed by atoms with Crippen molar-refractivity contribution in [3.8, 4) is 0 Å². The summed E-state index contributed by atoms with van der Waals surface area (Å²) in [5.74, 6) is 0.367. The van der Waals surface area contributed by atoms with Crippen LogP contribution in [-0.4, -0.2) is 12.5 Å². The van der Waals surface area contributed by atoms with Crippen LogP contribution in [0.25, 0.3) is 0 Å². The van der Waals surface area contributed by atoms with Gasteiger partial charge in [0.1, 0.15) is 0 Å². The Balaban J connectivity index is 0.00000220. The molecule has 3 nitrogen and oxygen atoms in total. The molecular formula is C16H21ClN2OS. The number of amides is 1. The maximum atomic E-state index is 12.2. The average Bonchev–Trinajstić information content (AvgIpc) is 2.91. The first kappa shape index (κ1) is 17.5. The van der Waals surface area contributed by atoms with Gasteiger partial charge in [-0.05, 0) is 48.4 Å². The predicted octanol–water partition coefficient (Wildman–Crippen LogP) is 3.67. The van der Waals surface area contributed by atoms with Gasteiger partial charge in [-0.3, -0.25) is 4.79 Å². The minimum atomic E-state index is -0.0483. The van der Waals surface area contributed by atoms with E-state index >= 15 is 0 Å². The fourth-order valence-electron chi connectivity index (χ4n) is 2.09. The quantitative estimate of drug-likeness (QED) is 0.824. The molecule has 0 saturated carbocycles. The molecule has 21 heavy (non-hydrogen) atoms. The minimum Gasteiger partial charge on any atom is -0.399 e. The number of nitrogens with two attached hydrogens (primary N) is 1. The molecule has 0 aliphatic heterocycles. The number of benzene rings is 1. The number of nitrogen functional groups attached to an aromatic ring is 1. The molecule has 2 aromatic rings. The topological polar surface area (TPSA) is 55.1 Å². The van der Waals surface area contributed by atoms with E-state index in [1.54, 1.807) is 17.4 Å². The van der Waals surface area contributed by atoms with Crippen molar-refractivity contribution in [2.24, 2.45) is 5.92 Å². The third kappa shape index (κ3) is 5.06. The van der Waals surface area contributed by atoms with Crippen LogP contribution in [0.3, 0.4) is 0 Å². The molecule has 1 aromatic carbocycles. The molecule has 0 aliphatic carbocycles. The number of hydrogen-bond donors (Lipinski definition) is 2. The van der Waals surface area contributed by atoms with Gasteiger partial charge in [-0.15, -0.1) is 23.7 Å². The van der Waals surface area contributed by atoms with Gasteiger partial charge in [0.25, 0.3) is 5.91 Å². The fourth-order valence-corrected chi connectivity index (χ4v) is 2.96. The monoisotopic (exact) mass is 324 g/mol. The highest BCUT2D eigenvalue weighted by Crippen LogP contribution is 2.15. The summed E-state index contributed by atoms with van der Waals surface area (Å²) in [6, 6.07) is 9.60. The van der Waals surface area contributed by atoms with E-state index in [0.717, 1.165) is 12.0 Å². The van der Waals surface area contributed by atoms with Gasteiger partial charge in [0.2, 0.25) is 0 Å².